The molecule has 29 heavy (non-hydrogen) atoms. The highest BCUT2D eigenvalue weighted by molar-refractivity contribution is 5.94. The second-order valence-electron chi connectivity index (χ2n) is 6.62. The number of aryl methyl sites for hydroxylation is 2. The number of rotatable bonds is 9. The Labute approximate surface area is 171 Å². The molecule has 2 aromatic rings. The zero-order chi connectivity index (χ0) is 21.4. The van der Waals surface area contributed by atoms with Crippen LogP contribution in [0.25, 0.3) is 0 Å². The van der Waals surface area contributed by atoms with E-state index in [9.17, 15) is 9.59 Å². The van der Waals surface area contributed by atoms with Crippen molar-refractivity contribution in [1.29, 1.82) is 0 Å². The monoisotopic (exact) mass is 400 g/mol. The molecule has 0 bridgehead atoms. The molecule has 0 aliphatic carbocycles. The van der Waals surface area contributed by atoms with Crippen LogP contribution in [0.2, 0.25) is 0 Å². The average Bonchev–Trinajstić information content (AvgIpc) is 2.73. The minimum atomic E-state index is -0.262. The first kappa shape index (κ1) is 22.1. The zero-order valence-corrected chi connectivity index (χ0v) is 17.5. The first-order chi connectivity index (χ1) is 13.9. The Hall–Kier alpha value is -3.22. The maximum Gasteiger partial charge on any atom is 0.258 e. The number of hydrogen-bond donors (Lipinski definition) is 2. The summed E-state index contributed by atoms with van der Waals surface area (Å²) in [5, 5.41) is 5.48. The summed E-state index contributed by atoms with van der Waals surface area (Å²) >= 11 is 0. The van der Waals surface area contributed by atoms with E-state index in [1.165, 1.54) is 14.2 Å². The van der Waals surface area contributed by atoms with Gasteiger partial charge in [0.25, 0.3) is 11.8 Å². The molecular formula is C22H28N2O5. The van der Waals surface area contributed by atoms with Crippen LogP contribution >= 0.6 is 0 Å². The lowest BCUT2D eigenvalue weighted by Gasteiger charge is -2.14. The van der Waals surface area contributed by atoms with Crippen LogP contribution in [-0.4, -0.2) is 45.7 Å². The molecule has 0 aliphatic heterocycles. The molecular weight excluding hydrogens is 372 g/mol. The van der Waals surface area contributed by atoms with Gasteiger partial charge in [0.2, 0.25) is 0 Å². The third-order valence-corrected chi connectivity index (χ3v) is 4.60. The molecule has 0 saturated carbocycles. The summed E-state index contributed by atoms with van der Waals surface area (Å²) in [6.07, 6.45) is 0. The van der Waals surface area contributed by atoms with Gasteiger partial charge in [0.05, 0.1) is 14.2 Å². The topological polar surface area (TPSA) is 85.9 Å². The average molecular weight is 400 g/mol. The molecule has 0 fully saturated rings. The van der Waals surface area contributed by atoms with Crippen LogP contribution in [0.15, 0.2) is 30.3 Å². The summed E-state index contributed by atoms with van der Waals surface area (Å²) in [6, 6.07) is 8.92. The molecule has 0 spiro atoms. The molecule has 7 nitrogen and oxygen atoms in total. The third kappa shape index (κ3) is 5.88. The van der Waals surface area contributed by atoms with E-state index >= 15 is 0 Å². The Kier molecular flexibility index (Phi) is 7.88. The Morgan fingerprint density at radius 2 is 1.52 bits per heavy atom. The third-order valence-electron chi connectivity index (χ3n) is 4.60. The lowest BCUT2D eigenvalue weighted by Crippen LogP contribution is -2.36. The number of nitrogens with one attached hydrogen (secondary N) is 2. The van der Waals surface area contributed by atoms with Crippen molar-refractivity contribution in [2.75, 3.05) is 33.9 Å². The van der Waals surface area contributed by atoms with Crippen molar-refractivity contribution in [2.45, 2.75) is 20.8 Å². The van der Waals surface area contributed by atoms with Gasteiger partial charge in [-0.1, -0.05) is 12.1 Å². The molecule has 2 amide bonds. The van der Waals surface area contributed by atoms with Crippen LogP contribution in [0, 0.1) is 20.8 Å². The standard InChI is InChI=1S/C22H28N2O5/c1-14-6-7-15(2)21(16(14)3)29-13-20(25)23-10-11-24-22(26)17-8-9-18(27-4)19(12-17)28-5/h6-9,12H,10-11,13H2,1-5H3,(H,23,25)(H,24,26). The van der Waals surface area contributed by atoms with E-state index in [1.807, 2.05) is 32.9 Å². The molecule has 0 saturated heterocycles. The van der Waals surface area contributed by atoms with Crippen LogP contribution < -0.4 is 24.8 Å². The van der Waals surface area contributed by atoms with Crippen LogP contribution in [0.1, 0.15) is 27.0 Å². The molecule has 0 radical (unpaired) electrons. The van der Waals surface area contributed by atoms with E-state index in [0.29, 0.717) is 30.2 Å². The Morgan fingerprint density at radius 3 is 2.21 bits per heavy atom. The van der Waals surface area contributed by atoms with Gasteiger partial charge in [-0.05, 0) is 55.7 Å². The van der Waals surface area contributed by atoms with E-state index in [-0.39, 0.29) is 18.4 Å². The van der Waals surface area contributed by atoms with E-state index in [4.69, 9.17) is 14.2 Å². The fourth-order valence-electron chi connectivity index (χ4n) is 2.79. The number of carbonyl (C=O) groups excluding carboxylic acids is 2. The second kappa shape index (κ2) is 10.4. The molecule has 2 N–H and O–H groups in total. The normalized spacial score (nSPS) is 10.2. The number of carbonyl (C=O) groups is 2. The number of amides is 2. The van der Waals surface area contributed by atoms with Gasteiger partial charge in [-0.2, -0.15) is 0 Å². The van der Waals surface area contributed by atoms with Crippen molar-refractivity contribution in [3.63, 3.8) is 0 Å². The van der Waals surface area contributed by atoms with Gasteiger partial charge < -0.3 is 24.8 Å². The number of hydrogen-bond acceptors (Lipinski definition) is 5. The smallest absolute Gasteiger partial charge is 0.258 e. The second-order valence-corrected chi connectivity index (χ2v) is 6.62. The molecule has 7 heteroatoms. The van der Waals surface area contributed by atoms with Crippen molar-refractivity contribution in [2.24, 2.45) is 0 Å². The van der Waals surface area contributed by atoms with E-state index < -0.39 is 0 Å². The number of benzene rings is 2. The summed E-state index contributed by atoms with van der Waals surface area (Å²) in [6.45, 7) is 6.44. The predicted octanol–water partition coefficient (Wildman–Crippen LogP) is 2.55. The van der Waals surface area contributed by atoms with Crippen LogP contribution in [-0.2, 0) is 4.79 Å². The van der Waals surface area contributed by atoms with Crippen LogP contribution in [0.4, 0.5) is 0 Å². The van der Waals surface area contributed by atoms with Gasteiger partial charge >= 0.3 is 0 Å². The maximum absolute atomic E-state index is 12.2. The quantitative estimate of drug-likeness (QED) is 0.632. The highest BCUT2D eigenvalue weighted by Crippen LogP contribution is 2.27. The Balaban J connectivity index is 1.77. The molecule has 2 rings (SSSR count). The van der Waals surface area contributed by atoms with Crippen molar-refractivity contribution >= 4 is 11.8 Å². The van der Waals surface area contributed by atoms with Gasteiger partial charge in [0.1, 0.15) is 5.75 Å². The van der Waals surface area contributed by atoms with E-state index in [2.05, 4.69) is 10.6 Å². The molecule has 0 aromatic heterocycles. The van der Waals surface area contributed by atoms with Gasteiger partial charge in [-0.25, -0.2) is 0 Å². The van der Waals surface area contributed by atoms with Crippen LogP contribution in [0.3, 0.4) is 0 Å². The molecule has 2 aromatic carbocycles. The van der Waals surface area contributed by atoms with Gasteiger partial charge in [0, 0.05) is 18.7 Å². The summed E-state index contributed by atoms with van der Waals surface area (Å²) in [5.41, 5.74) is 3.58. The lowest BCUT2D eigenvalue weighted by atomic mass is 10.1. The fraction of sp³-hybridized carbons (Fsp3) is 0.364. The maximum atomic E-state index is 12.2. The summed E-state index contributed by atoms with van der Waals surface area (Å²) < 4.78 is 16.0. The highest BCUT2D eigenvalue weighted by Gasteiger charge is 2.11. The largest absolute Gasteiger partial charge is 0.493 e. The summed E-state index contributed by atoms with van der Waals surface area (Å²) in [5.74, 6) is 1.26. The first-order valence-electron chi connectivity index (χ1n) is 9.34. The number of ether oxygens (including phenoxy) is 3. The molecule has 0 aliphatic rings. The molecule has 156 valence electrons. The van der Waals surface area contributed by atoms with Crippen LogP contribution in [0.5, 0.6) is 17.2 Å². The van der Waals surface area contributed by atoms with Crippen molar-refractivity contribution in [3.05, 3.63) is 52.6 Å². The van der Waals surface area contributed by atoms with Gasteiger partial charge in [-0.15, -0.1) is 0 Å². The van der Waals surface area contributed by atoms with Crippen molar-refractivity contribution < 1.29 is 23.8 Å². The van der Waals surface area contributed by atoms with Gasteiger partial charge in [-0.3, -0.25) is 9.59 Å². The highest BCUT2D eigenvalue weighted by atomic mass is 16.5. The zero-order valence-electron chi connectivity index (χ0n) is 17.5. The van der Waals surface area contributed by atoms with E-state index in [1.54, 1.807) is 18.2 Å². The Morgan fingerprint density at radius 1 is 0.862 bits per heavy atom. The first-order valence-corrected chi connectivity index (χ1v) is 9.34. The lowest BCUT2D eigenvalue weighted by molar-refractivity contribution is -0.123. The molecule has 0 atom stereocenters. The minimum absolute atomic E-state index is 0.0746. The Bertz CT molecular complexity index is 880. The van der Waals surface area contributed by atoms with Gasteiger partial charge in [0.15, 0.2) is 18.1 Å². The predicted molar refractivity (Wildman–Crippen MR) is 111 cm³/mol. The van der Waals surface area contributed by atoms with Crippen molar-refractivity contribution in [1.82, 2.24) is 10.6 Å². The minimum Gasteiger partial charge on any atom is -0.493 e. The SMILES string of the molecule is COc1ccc(C(=O)NCCNC(=O)COc2c(C)ccc(C)c2C)cc1OC. The van der Waals surface area contributed by atoms with E-state index in [0.717, 1.165) is 22.4 Å². The summed E-state index contributed by atoms with van der Waals surface area (Å²) in [4.78, 5) is 24.2. The van der Waals surface area contributed by atoms with Crippen molar-refractivity contribution in [3.8, 4) is 17.2 Å². The fourth-order valence-corrected chi connectivity index (χ4v) is 2.79. The molecule has 0 unspecified atom stereocenters. The molecule has 0 heterocycles. The summed E-state index contributed by atoms with van der Waals surface area (Å²) in [7, 11) is 3.04. The number of methoxy groups -OCH3 is 2.